The van der Waals surface area contributed by atoms with Gasteiger partial charge >= 0.3 is 0 Å². The summed E-state index contributed by atoms with van der Waals surface area (Å²) in [5.74, 6) is 0. The second kappa shape index (κ2) is 5.72. The summed E-state index contributed by atoms with van der Waals surface area (Å²) in [6, 6.07) is 17.7. The molecule has 0 aliphatic carbocycles. The van der Waals surface area contributed by atoms with Crippen LogP contribution in [0.1, 0.15) is 11.1 Å². The molecule has 1 heterocycles. The Morgan fingerprint density at radius 3 is 2.33 bits per heavy atom. The van der Waals surface area contributed by atoms with Gasteiger partial charge in [-0.1, -0.05) is 59.6 Å². The van der Waals surface area contributed by atoms with Crippen molar-refractivity contribution in [3.8, 4) is 16.9 Å². The summed E-state index contributed by atoms with van der Waals surface area (Å²) in [5.41, 5.74) is 4.34. The topological polar surface area (TPSA) is 38.0 Å². The van der Waals surface area contributed by atoms with Gasteiger partial charge in [-0.25, -0.2) is 4.68 Å². The van der Waals surface area contributed by atoms with E-state index in [1.54, 1.807) is 4.68 Å². The normalized spacial score (nSPS) is 10.8. The largest absolute Gasteiger partial charge is 0.391 e. The first-order valence-corrected chi connectivity index (χ1v) is 7.09. The maximum absolute atomic E-state index is 9.63. The maximum atomic E-state index is 9.63. The Balaban J connectivity index is 2.16. The van der Waals surface area contributed by atoms with E-state index in [2.05, 4.69) is 5.10 Å². The van der Waals surface area contributed by atoms with Gasteiger partial charge in [0, 0.05) is 11.1 Å². The van der Waals surface area contributed by atoms with Crippen molar-refractivity contribution in [3.63, 3.8) is 0 Å². The highest BCUT2D eigenvalue weighted by atomic mass is 35.5. The van der Waals surface area contributed by atoms with E-state index in [0.717, 1.165) is 11.3 Å². The van der Waals surface area contributed by atoms with Crippen molar-refractivity contribution in [1.29, 1.82) is 0 Å². The summed E-state index contributed by atoms with van der Waals surface area (Å²) in [4.78, 5) is 0. The molecule has 0 spiro atoms. The van der Waals surface area contributed by atoms with E-state index < -0.39 is 0 Å². The van der Waals surface area contributed by atoms with Crippen LogP contribution < -0.4 is 0 Å². The van der Waals surface area contributed by atoms with E-state index in [1.807, 2.05) is 61.5 Å². The average molecular weight is 299 g/mol. The molecular formula is C17H15ClN2O. The van der Waals surface area contributed by atoms with E-state index in [9.17, 15) is 5.11 Å². The molecule has 3 rings (SSSR count). The van der Waals surface area contributed by atoms with Crippen LogP contribution in [-0.2, 0) is 6.61 Å². The predicted octanol–water partition coefficient (Wildman–Crippen LogP) is 3.99. The standard InChI is InChI=1S/C17H15ClN2O/c1-12-7-9-14(10-8-12)20-17(18)15(11-21)16(19-20)13-5-3-2-4-6-13/h2-10,21H,11H2,1H3. The lowest BCUT2D eigenvalue weighted by molar-refractivity contribution is 0.282. The molecule has 3 nitrogen and oxygen atoms in total. The van der Waals surface area contributed by atoms with Crippen molar-refractivity contribution in [2.24, 2.45) is 0 Å². The van der Waals surface area contributed by atoms with Gasteiger partial charge in [0.25, 0.3) is 0 Å². The summed E-state index contributed by atoms with van der Waals surface area (Å²) in [6.07, 6.45) is 0. The lowest BCUT2D eigenvalue weighted by Crippen LogP contribution is -1.96. The average Bonchev–Trinajstić information content (AvgIpc) is 2.86. The van der Waals surface area contributed by atoms with Crippen LogP contribution in [0.4, 0.5) is 0 Å². The van der Waals surface area contributed by atoms with Crippen molar-refractivity contribution in [2.75, 3.05) is 0 Å². The van der Waals surface area contributed by atoms with Crippen LogP contribution in [0.3, 0.4) is 0 Å². The predicted molar refractivity (Wildman–Crippen MR) is 84.7 cm³/mol. The molecule has 0 saturated carbocycles. The molecule has 1 aromatic heterocycles. The van der Waals surface area contributed by atoms with Gasteiger partial charge in [0.15, 0.2) is 0 Å². The van der Waals surface area contributed by atoms with Crippen LogP contribution in [-0.4, -0.2) is 14.9 Å². The number of hydrogen-bond donors (Lipinski definition) is 1. The lowest BCUT2D eigenvalue weighted by atomic mass is 10.1. The Morgan fingerprint density at radius 1 is 1.05 bits per heavy atom. The Hall–Kier alpha value is -2.10. The summed E-state index contributed by atoms with van der Waals surface area (Å²) >= 11 is 6.39. The molecule has 0 unspecified atom stereocenters. The molecule has 2 aromatic carbocycles. The molecule has 3 aromatic rings. The van der Waals surface area contributed by atoms with Crippen molar-refractivity contribution >= 4 is 11.6 Å². The fraction of sp³-hybridized carbons (Fsp3) is 0.118. The number of hydrogen-bond acceptors (Lipinski definition) is 2. The molecule has 0 fully saturated rings. The number of aryl methyl sites for hydroxylation is 1. The van der Waals surface area contributed by atoms with E-state index in [1.165, 1.54) is 5.56 Å². The highest BCUT2D eigenvalue weighted by molar-refractivity contribution is 6.31. The summed E-state index contributed by atoms with van der Waals surface area (Å²) < 4.78 is 1.66. The number of benzene rings is 2. The Kier molecular flexibility index (Phi) is 3.78. The SMILES string of the molecule is Cc1ccc(-n2nc(-c3ccccc3)c(CO)c2Cl)cc1. The van der Waals surface area contributed by atoms with Gasteiger partial charge in [0.1, 0.15) is 5.15 Å². The summed E-state index contributed by atoms with van der Waals surface area (Å²) in [7, 11) is 0. The minimum absolute atomic E-state index is 0.144. The van der Waals surface area contributed by atoms with Gasteiger partial charge in [-0.3, -0.25) is 0 Å². The lowest BCUT2D eigenvalue weighted by Gasteiger charge is -2.03. The first-order chi connectivity index (χ1) is 10.2. The van der Waals surface area contributed by atoms with Crippen LogP contribution in [0, 0.1) is 6.92 Å². The first kappa shape index (κ1) is 13.9. The van der Waals surface area contributed by atoms with E-state index >= 15 is 0 Å². The minimum atomic E-state index is -0.144. The monoisotopic (exact) mass is 298 g/mol. The first-order valence-electron chi connectivity index (χ1n) is 6.71. The van der Waals surface area contributed by atoms with Crippen LogP contribution >= 0.6 is 11.6 Å². The van der Waals surface area contributed by atoms with Gasteiger partial charge in [-0.05, 0) is 19.1 Å². The zero-order valence-corrected chi connectivity index (χ0v) is 12.4. The second-order valence-electron chi connectivity index (χ2n) is 4.89. The third-order valence-electron chi connectivity index (χ3n) is 3.40. The molecule has 0 amide bonds. The Bertz CT molecular complexity index is 748. The molecule has 0 bridgehead atoms. The molecule has 0 atom stereocenters. The van der Waals surface area contributed by atoms with Crippen molar-refractivity contribution < 1.29 is 5.11 Å². The smallest absolute Gasteiger partial charge is 0.139 e. The van der Waals surface area contributed by atoms with E-state index in [0.29, 0.717) is 16.4 Å². The molecule has 1 N–H and O–H groups in total. The number of nitrogens with zero attached hydrogens (tertiary/aromatic N) is 2. The van der Waals surface area contributed by atoms with Crippen molar-refractivity contribution in [1.82, 2.24) is 9.78 Å². The molecule has 0 radical (unpaired) electrons. The quantitative estimate of drug-likeness (QED) is 0.794. The third-order valence-corrected chi connectivity index (χ3v) is 3.79. The fourth-order valence-corrected chi connectivity index (χ4v) is 2.54. The van der Waals surface area contributed by atoms with E-state index in [4.69, 9.17) is 11.6 Å². The summed E-state index contributed by atoms with van der Waals surface area (Å²) in [5, 5.41) is 14.6. The highest BCUT2D eigenvalue weighted by Crippen LogP contribution is 2.30. The van der Waals surface area contributed by atoms with Gasteiger partial charge in [0.2, 0.25) is 0 Å². The fourth-order valence-electron chi connectivity index (χ4n) is 2.25. The molecule has 0 saturated heterocycles. The maximum Gasteiger partial charge on any atom is 0.139 e. The number of rotatable bonds is 3. The number of halogens is 1. The number of aliphatic hydroxyl groups excluding tert-OH is 1. The molecule has 0 aliphatic rings. The van der Waals surface area contributed by atoms with Gasteiger partial charge < -0.3 is 5.11 Å². The van der Waals surface area contributed by atoms with Gasteiger partial charge in [0.05, 0.1) is 18.0 Å². The van der Waals surface area contributed by atoms with Crippen LogP contribution in [0.2, 0.25) is 5.15 Å². The van der Waals surface area contributed by atoms with E-state index in [-0.39, 0.29) is 6.61 Å². The molecule has 106 valence electrons. The number of aliphatic hydroxyl groups is 1. The van der Waals surface area contributed by atoms with Crippen molar-refractivity contribution in [3.05, 3.63) is 70.9 Å². The zero-order chi connectivity index (χ0) is 14.8. The zero-order valence-electron chi connectivity index (χ0n) is 11.6. The van der Waals surface area contributed by atoms with Gasteiger partial charge in [-0.2, -0.15) is 5.10 Å². The third kappa shape index (κ3) is 2.58. The molecular weight excluding hydrogens is 284 g/mol. The molecule has 4 heteroatoms. The number of aromatic nitrogens is 2. The second-order valence-corrected chi connectivity index (χ2v) is 5.25. The Morgan fingerprint density at radius 2 is 1.71 bits per heavy atom. The van der Waals surface area contributed by atoms with Crippen LogP contribution in [0.15, 0.2) is 54.6 Å². The Labute approximate surface area is 128 Å². The summed E-state index contributed by atoms with van der Waals surface area (Å²) in [6.45, 7) is 1.89. The highest BCUT2D eigenvalue weighted by Gasteiger charge is 2.17. The molecule has 21 heavy (non-hydrogen) atoms. The van der Waals surface area contributed by atoms with Crippen LogP contribution in [0.5, 0.6) is 0 Å². The van der Waals surface area contributed by atoms with Crippen LogP contribution in [0.25, 0.3) is 16.9 Å². The van der Waals surface area contributed by atoms with Gasteiger partial charge in [-0.15, -0.1) is 0 Å². The minimum Gasteiger partial charge on any atom is -0.391 e. The molecule has 0 aliphatic heterocycles. The van der Waals surface area contributed by atoms with Crippen molar-refractivity contribution in [2.45, 2.75) is 13.5 Å².